The number of unbranched alkanes of at least 4 members (excludes halogenated alkanes) is 2. The van der Waals surface area contributed by atoms with Gasteiger partial charge in [-0.3, -0.25) is 0 Å². The monoisotopic (exact) mass is 542 g/mol. The van der Waals surface area contributed by atoms with Crippen LogP contribution in [0.25, 0.3) is 22.1 Å². The number of halogens is 3. The first-order chi connectivity index (χ1) is 18.6. The van der Waals surface area contributed by atoms with Gasteiger partial charge in [0.25, 0.3) is 0 Å². The van der Waals surface area contributed by atoms with Gasteiger partial charge in [0.1, 0.15) is 29.5 Å². The molecule has 8 heteroatoms. The van der Waals surface area contributed by atoms with Crippen LogP contribution in [0.2, 0.25) is 0 Å². The topological polar surface area (TPSA) is 65.7 Å². The predicted molar refractivity (Wildman–Crippen MR) is 144 cm³/mol. The molecule has 4 rings (SSSR count). The van der Waals surface area contributed by atoms with Crippen LogP contribution in [0.5, 0.6) is 5.75 Å². The summed E-state index contributed by atoms with van der Waals surface area (Å²) in [4.78, 5) is 24.5. The maximum atomic E-state index is 13.8. The first kappa shape index (κ1) is 28.5. The molecule has 3 unspecified atom stereocenters. The van der Waals surface area contributed by atoms with Crippen molar-refractivity contribution in [2.24, 2.45) is 5.92 Å². The van der Waals surface area contributed by atoms with E-state index in [1.807, 2.05) is 19.1 Å². The van der Waals surface area contributed by atoms with E-state index in [1.165, 1.54) is 18.1 Å². The van der Waals surface area contributed by atoms with E-state index < -0.39 is 35.9 Å². The SMILES string of the molecule is C=CC(=O)OC1CCC(Oc2ccc3cc(-c4ccc(CCCCC)cc4CC)c(=O)oc3c2)C1C(F)(F)F. The highest BCUT2D eigenvalue weighted by Crippen LogP contribution is 2.43. The minimum absolute atomic E-state index is 0.0115. The molecular weight excluding hydrogens is 509 g/mol. The summed E-state index contributed by atoms with van der Waals surface area (Å²) in [6, 6.07) is 12.5. The van der Waals surface area contributed by atoms with Gasteiger partial charge in [0.2, 0.25) is 0 Å². The summed E-state index contributed by atoms with van der Waals surface area (Å²) in [6.07, 6.45) is -1.15. The number of hydrogen-bond acceptors (Lipinski definition) is 5. The number of carbonyl (C=O) groups excluding carboxylic acids is 1. The van der Waals surface area contributed by atoms with Crippen LogP contribution in [0.15, 0.2) is 64.3 Å². The lowest BCUT2D eigenvalue weighted by Gasteiger charge is -2.27. The summed E-state index contributed by atoms with van der Waals surface area (Å²) < 4.78 is 57.8. The molecular formula is C31H33F3O5. The lowest BCUT2D eigenvalue weighted by molar-refractivity contribution is -0.214. The van der Waals surface area contributed by atoms with Crippen LogP contribution in [0.1, 0.15) is 57.1 Å². The molecule has 1 saturated carbocycles. The van der Waals surface area contributed by atoms with Crippen molar-refractivity contribution in [1.29, 1.82) is 0 Å². The third-order valence-electron chi connectivity index (χ3n) is 7.25. The summed E-state index contributed by atoms with van der Waals surface area (Å²) >= 11 is 0. The molecule has 208 valence electrons. The lowest BCUT2D eigenvalue weighted by atomic mass is 9.94. The van der Waals surface area contributed by atoms with E-state index in [1.54, 1.807) is 18.2 Å². The van der Waals surface area contributed by atoms with Gasteiger partial charge in [-0.05, 0) is 67.0 Å². The summed E-state index contributed by atoms with van der Waals surface area (Å²) in [6.45, 7) is 7.45. The van der Waals surface area contributed by atoms with Crippen molar-refractivity contribution in [2.45, 2.75) is 77.2 Å². The molecule has 0 spiro atoms. The molecule has 1 aliphatic rings. The van der Waals surface area contributed by atoms with Crippen molar-refractivity contribution in [2.75, 3.05) is 0 Å². The molecule has 0 N–H and O–H groups in total. The van der Waals surface area contributed by atoms with Crippen LogP contribution in [-0.2, 0) is 22.4 Å². The van der Waals surface area contributed by atoms with E-state index >= 15 is 0 Å². The van der Waals surface area contributed by atoms with Crippen molar-refractivity contribution >= 4 is 16.9 Å². The molecule has 2 aromatic carbocycles. The Kier molecular flexibility index (Phi) is 8.83. The molecule has 1 fully saturated rings. The number of benzene rings is 2. The Labute approximate surface area is 225 Å². The number of aryl methyl sites for hydroxylation is 2. The Morgan fingerprint density at radius 1 is 1.05 bits per heavy atom. The average Bonchev–Trinajstić information content (AvgIpc) is 3.30. The summed E-state index contributed by atoms with van der Waals surface area (Å²) in [5.41, 5.74) is 3.23. The Balaban J connectivity index is 1.59. The van der Waals surface area contributed by atoms with Gasteiger partial charge < -0.3 is 13.9 Å². The molecule has 3 aromatic rings. The van der Waals surface area contributed by atoms with Gasteiger partial charge in [0.15, 0.2) is 0 Å². The second-order valence-corrected chi connectivity index (χ2v) is 9.93. The van der Waals surface area contributed by atoms with Gasteiger partial charge in [0.05, 0.1) is 5.56 Å². The molecule has 5 nitrogen and oxygen atoms in total. The number of carbonyl (C=O) groups is 1. The Morgan fingerprint density at radius 3 is 2.51 bits per heavy atom. The second kappa shape index (κ2) is 12.1. The average molecular weight is 543 g/mol. The van der Waals surface area contributed by atoms with Crippen molar-refractivity contribution < 1.29 is 31.9 Å². The van der Waals surface area contributed by atoms with E-state index in [2.05, 4.69) is 19.6 Å². The van der Waals surface area contributed by atoms with Gasteiger partial charge >= 0.3 is 17.8 Å². The zero-order valence-electron chi connectivity index (χ0n) is 22.2. The van der Waals surface area contributed by atoms with E-state index in [0.717, 1.165) is 42.9 Å². The van der Waals surface area contributed by atoms with Crippen LogP contribution >= 0.6 is 0 Å². The van der Waals surface area contributed by atoms with Crippen molar-refractivity contribution in [3.8, 4) is 16.9 Å². The minimum Gasteiger partial charge on any atom is -0.489 e. The molecule has 0 aliphatic heterocycles. The third kappa shape index (κ3) is 6.54. The normalized spacial score (nSPS) is 19.3. The third-order valence-corrected chi connectivity index (χ3v) is 7.25. The van der Waals surface area contributed by atoms with Crippen LogP contribution in [0.3, 0.4) is 0 Å². The minimum atomic E-state index is -4.63. The van der Waals surface area contributed by atoms with Crippen molar-refractivity contribution in [1.82, 2.24) is 0 Å². The quantitative estimate of drug-likeness (QED) is 0.114. The van der Waals surface area contributed by atoms with Crippen molar-refractivity contribution in [3.05, 3.63) is 76.7 Å². The number of rotatable bonds is 10. The number of hydrogen-bond donors (Lipinski definition) is 0. The van der Waals surface area contributed by atoms with E-state index in [-0.39, 0.29) is 24.2 Å². The van der Waals surface area contributed by atoms with Gasteiger partial charge in [-0.15, -0.1) is 0 Å². The largest absolute Gasteiger partial charge is 0.489 e. The van der Waals surface area contributed by atoms with Crippen LogP contribution in [0, 0.1) is 5.92 Å². The molecule has 0 bridgehead atoms. The number of esters is 1. The zero-order valence-corrected chi connectivity index (χ0v) is 22.2. The highest BCUT2D eigenvalue weighted by Gasteiger charge is 2.55. The fourth-order valence-corrected chi connectivity index (χ4v) is 5.27. The Morgan fingerprint density at radius 2 is 1.82 bits per heavy atom. The summed E-state index contributed by atoms with van der Waals surface area (Å²) in [5, 5.41) is 0.627. The molecule has 0 radical (unpaired) electrons. The fourth-order valence-electron chi connectivity index (χ4n) is 5.27. The van der Waals surface area contributed by atoms with Gasteiger partial charge in [-0.1, -0.05) is 51.5 Å². The van der Waals surface area contributed by atoms with Crippen LogP contribution in [-0.4, -0.2) is 24.4 Å². The van der Waals surface area contributed by atoms with Gasteiger partial charge in [0, 0.05) is 17.5 Å². The smallest absolute Gasteiger partial charge is 0.398 e. The Hall–Kier alpha value is -3.55. The van der Waals surface area contributed by atoms with Crippen LogP contribution < -0.4 is 10.4 Å². The zero-order chi connectivity index (χ0) is 28.2. The maximum Gasteiger partial charge on any atom is 0.398 e. The van der Waals surface area contributed by atoms with Gasteiger partial charge in [-0.2, -0.15) is 13.2 Å². The maximum absolute atomic E-state index is 13.8. The highest BCUT2D eigenvalue weighted by molar-refractivity contribution is 5.83. The summed E-state index contributed by atoms with van der Waals surface area (Å²) in [5.74, 6) is -2.75. The highest BCUT2D eigenvalue weighted by atomic mass is 19.4. The fraction of sp³-hybridized carbons (Fsp3) is 0.419. The Bertz CT molecular complexity index is 1390. The number of fused-ring (bicyclic) bond motifs is 1. The first-order valence-corrected chi connectivity index (χ1v) is 13.4. The second-order valence-electron chi connectivity index (χ2n) is 9.93. The van der Waals surface area contributed by atoms with Crippen LogP contribution in [0.4, 0.5) is 13.2 Å². The summed E-state index contributed by atoms with van der Waals surface area (Å²) in [7, 11) is 0. The molecule has 39 heavy (non-hydrogen) atoms. The molecule has 1 aliphatic carbocycles. The standard InChI is InChI=1S/C31H33F3O5/c1-4-7-8-9-19-10-13-23(20(5-2)16-19)24-17-21-11-12-22(18-27(21)39-30(24)36)37-25-14-15-26(38-28(35)6-3)29(25)31(32,33)34/h6,10-13,16-18,25-26,29H,3-5,7-9,14-15H2,1-2H3. The van der Waals surface area contributed by atoms with Crippen molar-refractivity contribution in [3.63, 3.8) is 0 Å². The number of ether oxygens (including phenoxy) is 2. The molecule has 3 atom stereocenters. The van der Waals surface area contributed by atoms with E-state index in [4.69, 9.17) is 13.9 Å². The lowest BCUT2D eigenvalue weighted by Crippen LogP contribution is -2.41. The first-order valence-electron chi connectivity index (χ1n) is 13.4. The molecule has 1 aromatic heterocycles. The predicted octanol–water partition coefficient (Wildman–Crippen LogP) is 7.57. The molecule has 1 heterocycles. The van der Waals surface area contributed by atoms with E-state index in [9.17, 15) is 22.8 Å². The van der Waals surface area contributed by atoms with E-state index in [0.29, 0.717) is 10.9 Å². The molecule has 0 saturated heterocycles. The number of alkyl halides is 3. The molecule has 0 amide bonds. The van der Waals surface area contributed by atoms with Gasteiger partial charge in [-0.25, -0.2) is 9.59 Å².